The third kappa shape index (κ3) is 4.39. The van der Waals surface area contributed by atoms with Gasteiger partial charge in [0, 0.05) is 44.8 Å². The third-order valence-electron chi connectivity index (χ3n) is 9.74. The highest BCUT2D eigenvalue weighted by molar-refractivity contribution is 6.19. The lowest BCUT2D eigenvalue weighted by molar-refractivity contribution is 1.05. The highest BCUT2D eigenvalue weighted by Gasteiger charge is 2.30. The van der Waals surface area contributed by atoms with E-state index in [9.17, 15) is 0 Å². The molecule has 0 saturated carbocycles. The van der Waals surface area contributed by atoms with E-state index in [0.717, 1.165) is 56.3 Å². The minimum atomic E-state index is 0.689. The fraction of sp³-hybridized carbons (Fsp3) is 0. The van der Waals surface area contributed by atoms with Crippen LogP contribution < -0.4 is 4.90 Å². The average Bonchev–Trinajstić information content (AvgIpc) is 3.47. The SMILES string of the molecule is c1ccc(-c2cc(-n3c4ccccc4c4ccc5c(c43)-c3ccccc3-c3ccccc3N5c3ccccc3)nc(-c3ccccc3)n2)cc1. The van der Waals surface area contributed by atoms with Gasteiger partial charge in [0.1, 0.15) is 5.82 Å². The number of hydrogen-bond acceptors (Lipinski definition) is 3. The molecule has 234 valence electrons. The molecular weight excluding hydrogens is 609 g/mol. The van der Waals surface area contributed by atoms with Gasteiger partial charge < -0.3 is 4.90 Å². The van der Waals surface area contributed by atoms with Crippen LogP contribution in [0.25, 0.3) is 72.5 Å². The topological polar surface area (TPSA) is 34.0 Å². The average molecular weight is 639 g/mol. The third-order valence-corrected chi connectivity index (χ3v) is 9.74. The molecule has 0 radical (unpaired) electrons. The van der Waals surface area contributed by atoms with Crippen molar-refractivity contribution in [3.63, 3.8) is 0 Å². The molecule has 0 atom stereocenters. The summed E-state index contributed by atoms with van der Waals surface area (Å²) in [5.41, 5.74) is 13.2. The lowest BCUT2D eigenvalue weighted by atomic mass is 9.93. The van der Waals surface area contributed by atoms with Gasteiger partial charge in [0.05, 0.1) is 28.1 Å². The Morgan fingerprint density at radius 2 is 1.04 bits per heavy atom. The molecule has 0 N–H and O–H groups in total. The van der Waals surface area contributed by atoms with E-state index in [1.165, 1.54) is 27.5 Å². The Morgan fingerprint density at radius 1 is 0.420 bits per heavy atom. The second kappa shape index (κ2) is 11.4. The molecule has 7 aromatic carbocycles. The zero-order valence-electron chi connectivity index (χ0n) is 27.1. The highest BCUT2D eigenvalue weighted by atomic mass is 15.2. The van der Waals surface area contributed by atoms with Crippen LogP contribution in [-0.4, -0.2) is 14.5 Å². The highest BCUT2D eigenvalue weighted by Crippen LogP contribution is 2.54. The summed E-state index contributed by atoms with van der Waals surface area (Å²) in [5, 5.41) is 2.35. The van der Waals surface area contributed by atoms with Crippen LogP contribution in [0, 0.1) is 0 Å². The van der Waals surface area contributed by atoms with Gasteiger partial charge in [-0.3, -0.25) is 4.57 Å². The Hall–Kier alpha value is -6.78. The maximum Gasteiger partial charge on any atom is 0.162 e. The normalized spacial score (nSPS) is 12.0. The summed E-state index contributed by atoms with van der Waals surface area (Å²) in [6.45, 7) is 0. The molecule has 2 aromatic heterocycles. The molecule has 0 spiro atoms. The summed E-state index contributed by atoms with van der Waals surface area (Å²) in [6.07, 6.45) is 0. The molecule has 10 rings (SSSR count). The molecule has 4 nitrogen and oxygen atoms in total. The Morgan fingerprint density at radius 3 is 1.82 bits per heavy atom. The fourth-order valence-corrected chi connectivity index (χ4v) is 7.58. The summed E-state index contributed by atoms with van der Waals surface area (Å²) < 4.78 is 2.36. The van der Waals surface area contributed by atoms with Crippen LogP contribution in [0.2, 0.25) is 0 Å². The van der Waals surface area contributed by atoms with E-state index < -0.39 is 0 Å². The smallest absolute Gasteiger partial charge is 0.162 e. The first kappa shape index (κ1) is 28.3. The van der Waals surface area contributed by atoms with E-state index in [0.29, 0.717) is 5.82 Å². The molecule has 0 fully saturated rings. The van der Waals surface area contributed by atoms with Gasteiger partial charge >= 0.3 is 0 Å². The van der Waals surface area contributed by atoms with Crippen molar-refractivity contribution in [1.82, 2.24) is 14.5 Å². The molecule has 0 unspecified atom stereocenters. The number of nitrogens with zero attached hydrogens (tertiary/aromatic N) is 4. The number of rotatable bonds is 4. The van der Waals surface area contributed by atoms with Crippen LogP contribution in [0.1, 0.15) is 0 Å². The predicted molar refractivity (Wildman–Crippen MR) is 206 cm³/mol. The number of aromatic nitrogens is 3. The molecule has 1 aliphatic rings. The Labute approximate surface area is 290 Å². The van der Waals surface area contributed by atoms with Gasteiger partial charge in [0.25, 0.3) is 0 Å². The minimum Gasteiger partial charge on any atom is -0.309 e. The van der Waals surface area contributed by atoms with Crippen LogP contribution in [-0.2, 0) is 0 Å². The van der Waals surface area contributed by atoms with Gasteiger partial charge in [0.15, 0.2) is 5.82 Å². The molecule has 9 aromatic rings. The number of para-hydroxylation sites is 3. The van der Waals surface area contributed by atoms with Crippen molar-refractivity contribution in [3.8, 4) is 50.7 Å². The number of anilines is 3. The monoisotopic (exact) mass is 638 g/mol. The van der Waals surface area contributed by atoms with Crippen molar-refractivity contribution < 1.29 is 0 Å². The summed E-state index contributed by atoms with van der Waals surface area (Å²) >= 11 is 0. The van der Waals surface area contributed by atoms with Crippen molar-refractivity contribution in [3.05, 3.63) is 182 Å². The Kier molecular flexibility index (Phi) is 6.46. The van der Waals surface area contributed by atoms with Crippen LogP contribution in [0.4, 0.5) is 17.1 Å². The van der Waals surface area contributed by atoms with E-state index in [1.807, 2.05) is 24.3 Å². The lowest BCUT2D eigenvalue weighted by Crippen LogP contribution is -2.11. The molecule has 1 aliphatic heterocycles. The molecule has 0 aliphatic carbocycles. The second-order valence-corrected chi connectivity index (χ2v) is 12.6. The quantitative estimate of drug-likeness (QED) is 0.192. The fourth-order valence-electron chi connectivity index (χ4n) is 7.58. The van der Waals surface area contributed by atoms with Gasteiger partial charge in [-0.25, -0.2) is 9.97 Å². The maximum absolute atomic E-state index is 5.36. The first-order chi connectivity index (χ1) is 24.8. The Balaban J connectivity index is 1.37. The van der Waals surface area contributed by atoms with Crippen molar-refractivity contribution in [2.75, 3.05) is 4.90 Å². The molecule has 4 heteroatoms. The van der Waals surface area contributed by atoms with Gasteiger partial charge in [-0.15, -0.1) is 0 Å². The predicted octanol–water partition coefficient (Wildman–Crippen LogP) is 12.0. The zero-order chi connectivity index (χ0) is 33.0. The van der Waals surface area contributed by atoms with E-state index in [4.69, 9.17) is 9.97 Å². The van der Waals surface area contributed by atoms with Gasteiger partial charge in [-0.05, 0) is 41.5 Å². The summed E-state index contributed by atoms with van der Waals surface area (Å²) in [5.74, 6) is 1.51. The van der Waals surface area contributed by atoms with E-state index >= 15 is 0 Å². The molecule has 0 amide bonds. The summed E-state index contributed by atoms with van der Waals surface area (Å²) in [6, 6.07) is 64.3. The molecule has 50 heavy (non-hydrogen) atoms. The van der Waals surface area contributed by atoms with Crippen LogP contribution in [0.5, 0.6) is 0 Å². The van der Waals surface area contributed by atoms with Gasteiger partial charge in [0.2, 0.25) is 0 Å². The van der Waals surface area contributed by atoms with E-state index in [1.54, 1.807) is 0 Å². The van der Waals surface area contributed by atoms with E-state index in [2.05, 4.69) is 167 Å². The van der Waals surface area contributed by atoms with Gasteiger partial charge in [-0.2, -0.15) is 0 Å². The first-order valence-corrected chi connectivity index (χ1v) is 16.9. The van der Waals surface area contributed by atoms with Crippen molar-refractivity contribution in [2.24, 2.45) is 0 Å². The molecular formula is C46H30N4. The Bertz CT molecular complexity index is 2640. The van der Waals surface area contributed by atoms with Crippen LogP contribution >= 0.6 is 0 Å². The summed E-state index contributed by atoms with van der Waals surface area (Å²) in [7, 11) is 0. The van der Waals surface area contributed by atoms with Crippen molar-refractivity contribution >= 4 is 38.9 Å². The zero-order valence-corrected chi connectivity index (χ0v) is 27.1. The number of fused-ring (bicyclic) bond motifs is 9. The lowest BCUT2D eigenvalue weighted by Gasteiger charge is -2.27. The van der Waals surface area contributed by atoms with Gasteiger partial charge in [-0.1, -0.05) is 146 Å². The standard InChI is InChI=1S/C46H30N4/c1-4-16-31(17-5-1)39-30-43(48-46(47-39)32-18-6-2-7-19-32)50-41-27-15-13-24-36(41)38-28-29-42-44(45(38)50)37-25-11-10-22-34(37)35-23-12-14-26-40(35)49(42)33-20-8-3-9-21-33/h1-30H. The first-order valence-electron chi connectivity index (χ1n) is 16.9. The minimum absolute atomic E-state index is 0.689. The van der Waals surface area contributed by atoms with Crippen molar-refractivity contribution in [2.45, 2.75) is 0 Å². The second-order valence-electron chi connectivity index (χ2n) is 12.6. The largest absolute Gasteiger partial charge is 0.309 e. The molecule has 3 heterocycles. The molecule has 0 bridgehead atoms. The maximum atomic E-state index is 5.36. The van der Waals surface area contributed by atoms with Crippen LogP contribution in [0.15, 0.2) is 182 Å². The molecule has 0 saturated heterocycles. The van der Waals surface area contributed by atoms with Crippen LogP contribution in [0.3, 0.4) is 0 Å². The summed E-state index contributed by atoms with van der Waals surface area (Å²) in [4.78, 5) is 12.9. The number of hydrogen-bond donors (Lipinski definition) is 0. The number of benzene rings is 7. The van der Waals surface area contributed by atoms with E-state index in [-0.39, 0.29) is 0 Å². The van der Waals surface area contributed by atoms with Crippen molar-refractivity contribution in [1.29, 1.82) is 0 Å².